The van der Waals surface area contributed by atoms with E-state index in [0.29, 0.717) is 5.56 Å². The number of piperazine rings is 1. The largest absolute Gasteiger partial charge is 0.369 e. The maximum absolute atomic E-state index is 12.5. The van der Waals surface area contributed by atoms with Gasteiger partial charge >= 0.3 is 0 Å². The Morgan fingerprint density at radius 3 is 2.39 bits per heavy atom. The molecule has 0 aliphatic carbocycles. The number of ketones is 2. The summed E-state index contributed by atoms with van der Waals surface area (Å²) >= 11 is 0. The maximum Gasteiger partial charge on any atom is 0.198 e. The molecule has 0 saturated carbocycles. The van der Waals surface area contributed by atoms with E-state index in [9.17, 15) is 14.7 Å². The van der Waals surface area contributed by atoms with Crippen LogP contribution in [0.5, 0.6) is 0 Å². The molecular formula is C21H25N3O4. The molecule has 0 bridgehead atoms. The molecule has 1 saturated heterocycles. The van der Waals surface area contributed by atoms with Crippen LogP contribution in [0.15, 0.2) is 42.5 Å². The Kier molecular flexibility index (Phi) is 6.51. The molecule has 7 nitrogen and oxygen atoms in total. The van der Waals surface area contributed by atoms with Gasteiger partial charge in [0.15, 0.2) is 17.9 Å². The van der Waals surface area contributed by atoms with Crippen molar-refractivity contribution in [1.29, 1.82) is 0 Å². The summed E-state index contributed by atoms with van der Waals surface area (Å²) < 4.78 is 4.80. The van der Waals surface area contributed by atoms with Crippen molar-refractivity contribution in [3.05, 3.63) is 59.4 Å². The number of aromatic nitrogens is 1. The monoisotopic (exact) mass is 383 g/mol. The highest BCUT2D eigenvalue weighted by molar-refractivity contribution is 6.12. The first-order valence-electron chi connectivity index (χ1n) is 9.25. The predicted octanol–water partition coefficient (Wildman–Crippen LogP) is 1.93. The van der Waals surface area contributed by atoms with Gasteiger partial charge in [-0.2, -0.15) is 0 Å². The molecule has 1 aliphatic heterocycles. The van der Waals surface area contributed by atoms with Crippen molar-refractivity contribution in [2.24, 2.45) is 0 Å². The number of aliphatic hydroxyl groups is 1. The number of rotatable bonds is 7. The highest BCUT2D eigenvalue weighted by atomic mass is 16.6. The van der Waals surface area contributed by atoms with Gasteiger partial charge in [0.05, 0.1) is 12.1 Å². The smallest absolute Gasteiger partial charge is 0.198 e. The first kappa shape index (κ1) is 20.1. The van der Waals surface area contributed by atoms with Crippen molar-refractivity contribution >= 4 is 17.3 Å². The standard InChI is InChI=1S/C21H25N3O4/c1-23-10-12-24(13-11-23)16-8-6-15(7-9-16)19(25)14-20(26)17-4-3-5-18(22-17)21(27)28-2/h3-9,21,27H,10-14H2,1-2H3. The molecule has 2 aromatic rings. The van der Waals surface area contributed by atoms with Crippen LogP contribution in [0, 0.1) is 0 Å². The molecule has 1 aliphatic rings. The van der Waals surface area contributed by atoms with Crippen LogP contribution in [-0.4, -0.2) is 66.9 Å². The van der Waals surface area contributed by atoms with E-state index < -0.39 is 12.1 Å². The molecule has 1 unspecified atom stereocenters. The quantitative estimate of drug-likeness (QED) is 0.444. The van der Waals surface area contributed by atoms with Crippen molar-refractivity contribution < 1.29 is 19.4 Å². The number of aliphatic hydroxyl groups excluding tert-OH is 1. The summed E-state index contributed by atoms with van der Waals surface area (Å²) in [5.41, 5.74) is 1.95. The van der Waals surface area contributed by atoms with Gasteiger partial charge < -0.3 is 19.6 Å². The number of Topliss-reactive ketones (excluding diaryl/α,β-unsaturated/α-hetero) is 2. The van der Waals surface area contributed by atoms with E-state index >= 15 is 0 Å². The summed E-state index contributed by atoms with van der Waals surface area (Å²) in [5, 5.41) is 9.67. The molecule has 1 aromatic carbocycles. The Morgan fingerprint density at radius 1 is 1.07 bits per heavy atom. The van der Waals surface area contributed by atoms with Gasteiger partial charge in [-0.15, -0.1) is 0 Å². The lowest BCUT2D eigenvalue weighted by Crippen LogP contribution is -2.44. The minimum absolute atomic E-state index is 0.135. The summed E-state index contributed by atoms with van der Waals surface area (Å²) in [6.07, 6.45) is -1.47. The second-order valence-electron chi connectivity index (χ2n) is 6.90. The molecule has 0 spiro atoms. The third kappa shape index (κ3) is 4.81. The molecule has 0 amide bonds. The predicted molar refractivity (Wildman–Crippen MR) is 106 cm³/mol. The molecule has 148 valence electrons. The fourth-order valence-corrected chi connectivity index (χ4v) is 3.13. The molecule has 1 N–H and O–H groups in total. The highest BCUT2D eigenvalue weighted by Crippen LogP contribution is 2.18. The van der Waals surface area contributed by atoms with Crippen LogP contribution in [0.2, 0.25) is 0 Å². The fraction of sp³-hybridized carbons (Fsp3) is 0.381. The average molecular weight is 383 g/mol. The van der Waals surface area contributed by atoms with E-state index in [1.165, 1.54) is 13.2 Å². The number of ether oxygens (including phenoxy) is 1. The van der Waals surface area contributed by atoms with E-state index in [4.69, 9.17) is 4.74 Å². The normalized spacial score (nSPS) is 16.0. The molecule has 1 aromatic heterocycles. The van der Waals surface area contributed by atoms with Gasteiger partial charge in [-0.05, 0) is 43.4 Å². The summed E-state index contributed by atoms with van der Waals surface area (Å²) in [5.74, 6) is -0.646. The molecule has 7 heteroatoms. The Bertz CT molecular complexity index is 830. The van der Waals surface area contributed by atoms with Crippen LogP contribution in [-0.2, 0) is 4.74 Å². The van der Waals surface area contributed by atoms with Crippen molar-refractivity contribution in [2.45, 2.75) is 12.7 Å². The Balaban J connectivity index is 1.63. The lowest BCUT2D eigenvalue weighted by molar-refractivity contribution is -0.0799. The Morgan fingerprint density at radius 2 is 1.75 bits per heavy atom. The summed E-state index contributed by atoms with van der Waals surface area (Å²) in [7, 11) is 3.45. The molecular weight excluding hydrogens is 358 g/mol. The van der Waals surface area contributed by atoms with Crippen LogP contribution in [0.1, 0.15) is 39.3 Å². The molecule has 28 heavy (non-hydrogen) atoms. The minimum Gasteiger partial charge on any atom is -0.369 e. The molecule has 3 rings (SSSR count). The second kappa shape index (κ2) is 9.05. The third-order valence-corrected chi connectivity index (χ3v) is 4.91. The zero-order chi connectivity index (χ0) is 20.1. The molecule has 1 atom stereocenters. The zero-order valence-electron chi connectivity index (χ0n) is 16.2. The van der Waals surface area contributed by atoms with Crippen LogP contribution in [0.4, 0.5) is 5.69 Å². The number of carbonyl (C=O) groups is 2. The van der Waals surface area contributed by atoms with Gasteiger partial charge in [-0.3, -0.25) is 9.59 Å². The maximum atomic E-state index is 12.5. The average Bonchev–Trinajstić information content (AvgIpc) is 2.74. The summed E-state index contributed by atoms with van der Waals surface area (Å²) in [4.78, 5) is 33.6. The van der Waals surface area contributed by atoms with Gasteiger partial charge in [-0.25, -0.2) is 4.98 Å². The minimum atomic E-state index is -1.20. The lowest BCUT2D eigenvalue weighted by Gasteiger charge is -2.34. The number of likely N-dealkylation sites (N-methyl/N-ethyl adjacent to an activating group) is 1. The van der Waals surface area contributed by atoms with Gasteiger partial charge in [0.2, 0.25) is 0 Å². The summed E-state index contributed by atoms with van der Waals surface area (Å²) in [6.45, 7) is 3.94. The summed E-state index contributed by atoms with van der Waals surface area (Å²) in [6, 6.07) is 12.1. The van der Waals surface area contributed by atoms with Crippen LogP contribution < -0.4 is 4.90 Å². The zero-order valence-corrected chi connectivity index (χ0v) is 16.2. The molecule has 2 heterocycles. The Labute approximate surface area is 164 Å². The SMILES string of the molecule is COC(O)c1cccc(C(=O)CC(=O)c2ccc(N3CCN(C)CC3)cc2)n1. The lowest BCUT2D eigenvalue weighted by atomic mass is 10.0. The number of pyridine rings is 1. The number of carbonyl (C=O) groups excluding carboxylic acids is 2. The topological polar surface area (TPSA) is 83.0 Å². The van der Waals surface area contributed by atoms with E-state index in [-0.39, 0.29) is 23.6 Å². The van der Waals surface area contributed by atoms with Crippen molar-refractivity contribution in [1.82, 2.24) is 9.88 Å². The van der Waals surface area contributed by atoms with E-state index in [1.54, 1.807) is 24.3 Å². The Hall–Kier alpha value is -2.61. The third-order valence-electron chi connectivity index (χ3n) is 4.91. The van der Waals surface area contributed by atoms with Crippen LogP contribution in [0.25, 0.3) is 0 Å². The first-order chi connectivity index (χ1) is 13.5. The van der Waals surface area contributed by atoms with E-state index in [1.807, 2.05) is 12.1 Å². The van der Waals surface area contributed by atoms with Gasteiger partial charge in [0.25, 0.3) is 0 Å². The number of hydrogen-bond donors (Lipinski definition) is 1. The van der Waals surface area contributed by atoms with Crippen molar-refractivity contribution in [3.8, 4) is 0 Å². The van der Waals surface area contributed by atoms with Crippen molar-refractivity contribution in [2.75, 3.05) is 45.2 Å². The van der Waals surface area contributed by atoms with Crippen molar-refractivity contribution in [3.63, 3.8) is 0 Å². The number of nitrogens with zero attached hydrogens (tertiary/aromatic N) is 3. The van der Waals surface area contributed by atoms with E-state index in [0.717, 1.165) is 31.9 Å². The molecule has 0 radical (unpaired) electrons. The van der Waals surface area contributed by atoms with Crippen LogP contribution in [0.3, 0.4) is 0 Å². The first-order valence-corrected chi connectivity index (χ1v) is 9.25. The number of anilines is 1. The number of hydrogen-bond acceptors (Lipinski definition) is 7. The van der Waals surface area contributed by atoms with Gasteiger partial charge in [0.1, 0.15) is 5.69 Å². The van der Waals surface area contributed by atoms with Gasteiger partial charge in [0, 0.05) is 44.5 Å². The number of methoxy groups -OCH3 is 1. The second-order valence-corrected chi connectivity index (χ2v) is 6.90. The number of benzene rings is 1. The van der Waals surface area contributed by atoms with E-state index in [2.05, 4.69) is 21.8 Å². The highest BCUT2D eigenvalue weighted by Gasteiger charge is 2.18. The molecule has 1 fully saturated rings. The van der Waals surface area contributed by atoms with Gasteiger partial charge in [-0.1, -0.05) is 6.07 Å². The van der Waals surface area contributed by atoms with Crippen LogP contribution >= 0.6 is 0 Å². The fourth-order valence-electron chi connectivity index (χ4n) is 3.13.